The van der Waals surface area contributed by atoms with Crippen molar-refractivity contribution in [2.24, 2.45) is 5.41 Å². The van der Waals surface area contributed by atoms with Crippen LogP contribution in [-0.4, -0.2) is 42.5 Å². The molecule has 5 heteroatoms. The second kappa shape index (κ2) is 6.22. The summed E-state index contributed by atoms with van der Waals surface area (Å²) in [4.78, 5) is 18.6. The Morgan fingerprint density at radius 1 is 1.55 bits per heavy atom. The van der Waals surface area contributed by atoms with Crippen molar-refractivity contribution in [3.63, 3.8) is 0 Å². The minimum Gasteiger partial charge on any atom is -0.385 e. The van der Waals surface area contributed by atoms with Gasteiger partial charge in [-0.25, -0.2) is 0 Å². The van der Waals surface area contributed by atoms with Gasteiger partial charge in [0.05, 0.1) is 11.1 Å². The third-order valence-corrected chi connectivity index (χ3v) is 3.91. The van der Waals surface area contributed by atoms with Gasteiger partial charge in [0.1, 0.15) is 0 Å². The summed E-state index contributed by atoms with van der Waals surface area (Å²) in [6.07, 6.45) is 2.74. The summed E-state index contributed by atoms with van der Waals surface area (Å²) in [6.45, 7) is 7.55. The molecule has 1 amide bonds. The summed E-state index contributed by atoms with van der Waals surface area (Å²) >= 11 is 0. The van der Waals surface area contributed by atoms with Crippen molar-refractivity contribution in [3.05, 3.63) is 24.0 Å². The van der Waals surface area contributed by atoms with E-state index in [4.69, 9.17) is 0 Å². The lowest BCUT2D eigenvalue weighted by Crippen LogP contribution is -2.39. The Morgan fingerprint density at radius 3 is 3.05 bits per heavy atom. The van der Waals surface area contributed by atoms with Gasteiger partial charge in [-0.1, -0.05) is 0 Å². The maximum absolute atomic E-state index is 11.9. The van der Waals surface area contributed by atoms with E-state index in [-0.39, 0.29) is 11.3 Å². The molecule has 1 fully saturated rings. The first kappa shape index (κ1) is 14.8. The number of rotatable bonds is 5. The molecule has 0 bridgehead atoms. The van der Waals surface area contributed by atoms with E-state index in [2.05, 4.69) is 33.5 Å². The first-order chi connectivity index (χ1) is 9.57. The first-order valence-electron chi connectivity index (χ1n) is 7.21. The molecular weight excluding hydrogens is 252 g/mol. The van der Waals surface area contributed by atoms with Crippen molar-refractivity contribution in [2.45, 2.75) is 26.8 Å². The van der Waals surface area contributed by atoms with Gasteiger partial charge in [-0.15, -0.1) is 0 Å². The van der Waals surface area contributed by atoms with Crippen LogP contribution in [0, 0.1) is 5.41 Å². The molecule has 2 N–H and O–H groups in total. The van der Waals surface area contributed by atoms with Crippen LogP contribution in [0.4, 0.5) is 5.69 Å². The van der Waals surface area contributed by atoms with Crippen LogP contribution in [0.3, 0.4) is 0 Å². The lowest BCUT2D eigenvalue weighted by Gasteiger charge is -2.22. The van der Waals surface area contributed by atoms with Crippen LogP contribution in [0.15, 0.2) is 18.3 Å². The number of nitrogens with one attached hydrogen (secondary N) is 2. The van der Waals surface area contributed by atoms with Crippen molar-refractivity contribution >= 4 is 11.6 Å². The predicted octanol–water partition coefficient (Wildman–Crippen LogP) is 1.47. The third kappa shape index (κ3) is 3.28. The highest BCUT2D eigenvalue weighted by Gasteiger charge is 2.39. The van der Waals surface area contributed by atoms with Gasteiger partial charge in [0.15, 0.2) is 0 Å². The Bertz CT molecular complexity index is 477. The number of hydrogen-bond donors (Lipinski definition) is 2. The number of anilines is 1. The predicted molar refractivity (Wildman–Crippen MR) is 80.5 cm³/mol. The van der Waals surface area contributed by atoms with Gasteiger partial charge in [0.25, 0.3) is 0 Å². The summed E-state index contributed by atoms with van der Waals surface area (Å²) in [7, 11) is 1.71. The van der Waals surface area contributed by atoms with Crippen molar-refractivity contribution in [1.82, 2.24) is 15.2 Å². The van der Waals surface area contributed by atoms with Crippen LogP contribution in [0.2, 0.25) is 0 Å². The quantitative estimate of drug-likeness (QED) is 0.855. The molecule has 110 valence electrons. The van der Waals surface area contributed by atoms with Crippen LogP contribution in [0.5, 0.6) is 0 Å². The Labute approximate surface area is 120 Å². The van der Waals surface area contributed by atoms with Crippen molar-refractivity contribution < 1.29 is 4.79 Å². The van der Waals surface area contributed by atoms with Crippen molar-refractivity contribution in [1.29, 1.82) is 0 Å². The van der Waals surface area contributed by atoms with Crippen LogP contribution < -0.4 is 10.6 Å². The lowest BCUT2D eigenvalue weighted by molar-refractivity contribution is -0.129. The van der Waals surface area contributed by atoms with E-state index in [0.717, 1.165) is 44.0 Å². The number of likely N-dealkylation sites (tertiary alicyclic amines) is 1. The fraction of sp³-hybridized carbons (Fsp3) is 0.600. The maximum Gasteiger partial charge on any atom is 0.227 e. The van der Waals surface area contributed by atoms with Gasteiger partial charge < -0.3 is 10.6 Å². The van der Waals surface area contributed by atoms with E-state index in [0.29, 0.717) is 0 Å². The number of carbonyl (C=O) groups excluding carboxylic acids is 1. The summed E-state index contributed by atoms with van der Waals surface area (Å²) in [6, 6.07) is 4.06. The molecule has 1 saturated heterocycles. The van der Waals surface area contributed by atoms with Crippen LogP contribution in [-0.2, 0) is 11.3 Å². The van der Waals surface area contributed by atoms with Gasteiger partial charge >= 0.3 is 0 Å². The Balaban J connectivity index is 1.98. The van der Waals surface area contributed by atoms with Gasteiger partial charge in [0, 0.05) is 38.6 Å². The SMILES string of the molecule is CCNc1ccnc(CN2CCC(C)(C(=O)NC)C2)c1. The van der Waals surface area contributed by atoms with Gasteiger partial charge in [0.2, 0.25) is 5.91 Å². The lowest BCUT2D eigenvalue weighted by atomic mass is 9.89. The molecule has 0 spiro atoms. The zero-order valence-electron chi connectivity index (χ0n) is 12.6. The van der Waals surface area contributed by atoms with E-state index in [1.807, 2.05) is 19.2 Å². The number of pyridine rings is 1. The van der Waals surface area contributed by atoms with Gasteiger partial charge in [-0.3, -0.25) is 14.7 Å². The number of nitrogens with zero attached hydrogens (tertiary/aromatic N) is 2. The van der Waals surface area contributed by atoms with Crippen LogP contribution >= 0.6 is 0 Å². The number of hydrogen-bond acceptors (Lipinski definition) is 4. The minimum absolute atomic E-state index is 0.134. The molecule has 1 aliphatic rings. The minimum atomic E-state index is -0.270. The normalized spacial score (nSPS) is 22.8. The molecule has 5 nitrogen and oxygen atoms in total. The van der Waals surface area contributed by atoms with Gasteiger partial charge in [-0.2, -0.15) is 0 Å². The molecule has 1 aliphatic heterocycles. The smallest absolute Gasteiger partial charge is 0.227 e. The Hall–Kier alpha value is -1.62. The molecule has 0 saturated carbocycles. The molecule has 0 aromatic carbocycles. The molecule has 2 rings (SSSR count). The Kier molecular flexibility index (Phi) is 4.60. The third-order valence-electron chi connectivity index (χ3n) is 3.91. The van der Waals surface area contributed by atoms with Gasteiger partial charge in [-0.05, 0) is 38.9 Å². The molecule has 0 radical (unpaired) electrons. The number of carbonyl (C=O) groups is 1. The summed E-state index contributed by atoms with van der Waals surface area (Å²) in [5, 5.41) is 6.06. The highest BCUT2D eigenvalue weighted by molar-refractivity contribution is 5.82. The second-order valence-corrected chi connectivity index (χ2v) is 5.67. The number of amides is 1. The largest absolute Gasteiger partial charge is 0.385 e. The summed E-state index contributed by atoms with van der Waals surface area (Å²) in [5.41, 5.74) is 1.88. The van der Waals surface area contributed by atoms with E-state index in [9.17, 15) is 4.79 Å². The monoisotopic (exact) mass is 276 g/mol. The van der Waals surface area contributed by atoms with E-state index < -0.39 is 0 Å². The zero-order chi connectivity index (χ0) is 14.6. The maximum atomic E-state index is 11.9. The molecule has 1 atom stereocenters. The van der Waals surface area contributed by atoms with E-state index in [1.54, 1.807) is 7.05 Å². The van der Waals surface area contributed by atoms with Crippen molar-refractivity contribution in [3.8, 4) is 0 Å². The molecule has 20 heavy (non-hydrogen) atoms. The van der Waals surface area contributed by atoms with Crippen LogP contribution in [0.25, 0.3) is 0 Å². The summed E-state index contributed by atoms with van der Waals surface area (Å²) < 4.78 is 0. The Morgan fingerprint density at radius 2 is 2.35 bits per heavy atom. The highest BCUT2D eigenvalue weighted by atomic mass is 16.2. The van der Waals surface area contributed by atoms with Crippen LogP contribution in [0.1, 0.15) is 26.0 Å². The average molecular weight is 276 g/mol. The molecule has 1 aromatic rings. The molecule has 0 aliphatic carbocycles. The van der Waals surface area contributed by atoms with E-state index in [1.165, 1.54) is 0 Å². The zero-order valence-corrected chi connectivity index (χ0v) is 12.6. The molecule has 1 aromatic heterocycles. The fourth-order valence-electron chi connectivity index (χ4n) is 2.79. The van der Waals surface area contributed by atoms with Crippen molar-refractivity contribution in [2.75, 3.05) is 32.0 Å². The fourth-order valence-corrected chi connectivity index (χ4v) is 2.79. The molecule has 1 unspecified atom stereocenters. The summed E-state index contributed by atoms with van der Waals surface area (Å²) in [5.74, 6) is 0.134. The highest BCUT2D eigenvalue weighted by Crippen LogP contribution is 2.30. The van der Waals surface area contributed by atoms with E-state index >= 15 is 0 Å². The first-order valence-corrected chi connectivity index (χ1v) is 7.21. The second-order valence-electron chi connectivity index (χ2n) is 5.67. The topological polar surface area (TPSA) is 57.3 Å². The molecular formula is C15H24N4O. The molecule has 2 heterocycles. The number of aromatic nitrogens is 1. The standard InChI is InChI=1S/C15H24N4O/c1-4-17-12-5-7-18-13(9-12)10-19-8-6-15(2,11-19)14(20)16-3/h5,7,9H,4,6,8,10-11H2,1-3H3,(H,16,20)(H,17,18). The average Bonchev–Trinajstić information content (AvgIpc) is 2.81.